The third kappa shape index (κ3) is 3.96. The van der Waals surface area contributed by atoms with E-state index in [1.54, 1.807) is 23.0 Å². The molecule has 1 unspecified atom stereocenters. The molecule has 0 amide bonds. The van der Waals surface area contributed by atoms with Crippen molar-refractivity contribution in [3.8, 4) is 11.4 Å². The van der Waals surface area contributed by atoms with Crippen LogP contribution in [0, 0.1) is 5.82 Å². The molecule has 1 heterocycles. The van der Waals surface area contributed by atoms with Gasteiger partial charge in [0.05, 0.1) is 17.4 Å². The van der Waals surface area contributed by atoms with E-state index in [0.717, 1.165) is 27.6 Å². The maximum atomic E-state index is 13.1. The van der Waals surface area contributed by atoms with Gasteiger partial charge in [-0.3, -0.25) is 4.72 Å². The van der Waals surface area contributed by atoms with Crippen molar-refractivity contribution in [2.75, 3.05) is 6.61 Å². The van der Waals surface area contributed by atoms with Gasteiger partial charge in [0.15, 0.2) is 0 Å². The molecule has 6 heteroatoms. The van der Waals surface area contributed by atoms with Crippen LogP contribution in [0.4, 0.5) is 4.39 Å². The number of nitrogens with one attached hydrogen (secondary N) is 1. The van der Waals surface area contributed by atoms with Gasteiger partial charge in [0.25, 0.3) is 0 Å². The van der Waals surface area contributed by atoms with Gasteiger partial charge in [0, 0.05) is 16.7 Å². The largest absolute Gasteiger partial charge is 0.492 e. The Kier molecular flexibility index (Phi) is 4.63. The van der Waals surface area contributed by atoms with Crippen molar-refractivity contribution < 1.29 is 9.13 Å². The van der Waals surface area contributed by atoms with Gasteiger partial charge in [-0.1, -0.05) is 11.9 Å². The Morgan fingerprint density at radius 3 is 2.84 bits per heavy atom. The number of halogens is 1. The van der Waals surface area contributed by atoms with E-state index >= 15 is 0 Å². The Hall–Kier alpha value is -2.05. The molecule has 1 aliphatic carbocycles. The molecule has 0 bridgehead atoms. The Morgan fingerprint density at radius 1 is 1.28 bits per heavy atom. The first-order valence-corrected chi connectivity index (χ1v) is 9.35. The van der Waals surface area contributed by atoms with Gasteiger partial charge in [0.2, 0.25) is 0 Å². The van der Waals surface area contributed by atoms with Crippen molar-refractivity contribution >= 4 is 22.9 Å². The molecule has 1 aromatic heterocycles. The van der Waals surface area contributed by atoms with Gasteiger partial charge in [-0.05, 0) is 62.2 Å². The lowest BCUT2D eigenvalue weighted by molar-refractivity contribution is 0.290. The minimum Gasteiger partial charge on any atom is -0.492 e. The molecule has 2 aromatic carbocycles. The molecular formula is C19H20FN3OS. The van der Waals surface area contributed by atoms with Crippen LogP contribution in [0.3, 0.4) is 0 Å². The van der Waals surface area contributed by atoms with E-state index in [1.807, 2.05) is 30.1 Å². The van der Waals surface area contributed by atoms with Crippen LogP contribution < -0.4 is 9.46 Å². The second kappa shape index (κ2) is 7.06. The fraction of sp³-hybridized carbons (Fsp3) is 0.316. The predicted molar refractivity (Wildman–Crippen MR) is 99.7 cm³/mol. The van der Waals surface area contributed by atoms with Gasteiger partial charge >= 0.3 is 0 Å². The summed E-state index contributed by atoms with van der Waals surface area (Å²) in [6.45, 7) is 2.75. The molecule has 1 fully saturated rings. The van der Waals surface area contributed by atoms with E-state index in [0.29, 0.717) is 12.6 Å². The topological polar surface area (TPSA) is 39.1 Å². The lowest BCUT2D eigenvalue weighted by Gasteiger charge is -2.14. The van der Waals surface area contributed by atoms with Crippen LogP contribution in [0.2, 0.25) is 0 Å². The third-order valence-electron chi connectivity index (χ3n) is 4.07. The monoisotopic (exact) mass is 357 g/mol. The minimum atomic E-state index is -0.251. The van der Waals surface area contributed by atoms with E-state index < -0.39 is 0 Å². The highest BCUT2D eigenvalue weighted by atomic mass is 32.2. The summed E-state index contributed by atoms with van der Waals surface area (Å²) in [5.74, 6) is 0.578. The molecule has 1 saturated carbocycles. The van der Waals surface area contributed by atoms with E-state index in [4.69, 9.17) is 4.74 Å². The second-order valence-electron chi connectivity index (χ2n) is 6.40. The molecule has 0 aliphatic heterocycles. The first kappa shape index (κ1) is 16.4. The molecule has 1 N–H and O–H groups in total. The molecule has 0 saturated heterocycles. The van der Waals surface area contributed by atoms with Gasteiger partial charge in [-0.25, -0.2) is 9.07 Å². The Labute approximate surface area is 150 Å². The number of nitrogens with zero attached hydrogens (tertiary/aromatic N) is 2. The number of aromatic nitrogens is 2. The summed E-state index contributed by atoms with van der Waals surface area (Å²) in [5.41, 5.74) is 1.80. The molecule has 4 rings (SSSR count). The zero-order valence-electron chi connectivity index (χ0n) is 14.0. The minimum absolute atomic E-state index is 0.251. The van der Waals surface area contributed by atoms with Crippen LogP contribution in [-0.2, 0) is 0 Å². The van der Waals surface area contributed by atoms with Crippen molar-refractivity contribution in [1.29, 1.82) is 0 Å². The highest BCUT2D eigenvalue weighted by Crippen LogP contribution is 2.32. The number of rotatable bonds is 7. The number of benzene rings is 2. The van der Waals surface area contributed by atoms with Crippen molar-refractivity contribution in [3.63, 3.8) is 0 Å². The smallest absolute Gasteiger partial charge is 0.123 e. The standard InChI is InChI=1S/C19H20FN3OS/c1-13(22-25-18-7-8-18)12-24-17-6-9-19-14(10-17)11-21-23(19)16-4-2-15(20)3-5-16/h2-6,9-11,13,18,22H,7-8,12H2,1H3. The lowest BCUT2D eigenvalue weighted by Crippen LogP contribution is -2.27. The maximum absolute atomic E-state index is 13.1. The quantitative estimate of drug-likeness (QED) is 0.639. The molecular weight excluding hydrogens is 337 g/mol. The van der Waals surface area contributed by atoms with Crippen LogP contribution in [0.25, 0.3) is 16.6 Å². The summed E-state index contributed by atoms with van der Waals surface area (Å²) >= 11 is 1.82. The number of fused-ring (bicyclic) bond motifs is 1. The Balaban J connectivity index is 1.44. The lowest BCUT2D eigenvalue weighted by atomic mass is 10.2. The maximum Gasteiger partial charge on any atom is 0.123 e. The summed E-state index contributed by atoms with van der Waals surface area (Å²) in [6, 6.07) is 12.5. The van der Waals surface area contributed by atoms with Gasteiger partial charge in [-0.15, -0.1) is 0 Å². The van der Waals surface area contributed by atoms with E-state index in [1.165, 1.54) is 25.0 Å². The number of hydrogen-bond acceptors (Lipinski definition) is 4. The van der Waals surface area contributed by atoms with Crippen molar-refractivity contribution in [3.05, 3.63) is 54.5 Å². The summed E-state index contributed by atoms with van der Waals surface area (Å²) in [7, 11) is 0. The predicted octanol–water partition coefficient (Wildman–Crippen LogP) is 4.33. The van der Waals surface area contributed by atoms with E-state index in [2.05, 4.69) is 16.7 Å². The molecule has 130 valence electrons. The summed E-state index contributed by atoms with van der Waals surface area (Å²) < 4.78 is 24.2. The first-order valence-electron chi connectivity index (χ1n) is 8.47. The molecule has 3 aromatic rings. The molecule has 1 atom stereocenters. The van der Waals surface area contributed by atoms with Crippen LogP contribution in [0.1, 0.15) is 19.8 Å². The average Bonchev–Trinajstić information content (AvgIpc) is 3.37. The zero-order valence-corrected chi connectivity index (χ0v) is 14.8. The SMILES string of the molecule is CC(COc1ccc2c(cnn2-c2ccc(F)cc2)c1)NSC1CC1. The molecule has 25 heavy (non-hydrogen) atoms. The summed E-state index contributed by atoms with van der Waals surface area (Å²) in [6.07, 6.45) is 4.44. The normalized spacial score (nSPS) is 15.4. The fourth-order valence-electron chi connectivity index (χ4n) is 2.54. The van der Waals surface area contributed by atoms with E-state index in [-0.39, 0.29) is 5.82 Å². The number of ether oxygens (including phenoxy) is 1. The number of hydrogen-bond donors (Lipinski definition) is 1. The van der Waals surface area contributed by atoms with Gasteiger partial charge in [0.1, 0.15) is 18.2 Å². The zero-order chi connectivity index (χ0) is 17.2. The summed E-state index contributed by atoms with van der Waals surface area (Å²) in [4.78, 5) is 0. The van der Waals surface area contributed by atoms with Gasteiger partial charge in [-0.2, -0.15) is 5.10 Å². The molecule has 4 nitrogen and oxygen atoms in total. The van der Waals surface area contributed by atoms with E-state index in [9.17, 15) is 4.39 Å². The third-order valence-corrected chi connectivity index (χ3v) is 5.41. The highest BCUT2D eigenvalue weighted by molar-refractivity contribution is 7.98. The van der Waals surface area contributed by atoms with Crippen molar-refractivity contribution in [2.45, 2.75) is 31.1 Å². The fourth-order valence-corrected chi connectivity index (χ4v) is 3.41. The second-order valence-corrected chi connectivity index (χ2v) is 7.54. The van der Waals surface area contributed by atoms with Crippen LogP contribution in [0.5, 0.6) is 5.75 Å². The highest BCUT2D eigenvalue weighted by Gasteiger charge is 2.22. The van der Waals surface area contributed by atoms with Crippen LogP contribution >= 0.6 is 11.9 Å². The average molecular weight is 357 g/mol. The Morgan fingerprint density at radius 2 is 2.08 bits per heavy atom. The van der Waals surface area contributed by atoms with Crippen molar-refractivity contribution in [2.24, 2.45) is 0 Å². The van der Waals surface area contributed by atoms with Gasteiger partial charge < -0.3 is 4.74 Å². The van der Waals surface area contributed by atoms with Crippen molar-refractivity contribution in [1.82, 2.24) is 14.5 Å². The molecule has 0 spiro atoms. The van der Waals surface area contributed by atoms with Crippen LogP contribution in [0.15, 0.2) is 48.7 Å². The summed E-state index contributed by atoms with van der Waals surface area (Å²) in [5, 5.41) is 6.19. The molecule has 1 aliphatic rings. The Bertz CT molecular complexity index is 861. The molecule has 0 radical (unpaired) electrons. The first-order chi connectivity index (χ1) is 12.2. The van der Waals surface area contributed by atoms with Crippen LogP contribution in [-0.4, -0.2) is 27.7 Å².